The standard InChI is InChI=1S/C8H7ClN2O3S/c1-4-2-6-7(3-5(4)9)11-8(10-6)15(12,13)14/h2-3H,1H3,(H,10,11)(H,12,13,14). The van der Waals surface area contributed by atoms with E-state index in [0.717, 1.165) is 5.56 Å². The van der Waals surface area contributed by atoms with Crippen molar-refractivity contribution in [1.29, 1.82) is 0 Å². The van der Waals surface area contributed by atoms with Gasteiger partial charge >= 0.3 is 10.1 Å². The lowest BCUT2D eigenvalue weighted by atomic mass is 10.2. The maximum Gasteiger partial charge on any atom is 0.328 e. The smallest absolute Gasteiger partial charge is 0.327 e. The summed E-state index contributed by atoms with van der Waals surface area (Å²) in [6, 6.07) is 3.21. The largest absolute Gasteiger partial charge is 0.328 e. The molecule has 0 unspecified atom stereocenters. The number of nitrogens with zero attached hydrogens (tertiary/aromatic N) is 1. The van der Waals surface area contributed by atoms with Crippen molar-refractivity contribution in [1.82, 2.24) is 9.97 Å². The van der Waals surface area contributed by atoms with Crippen LogP contribution < -0.4 is 0 Å². The van der Waals surface area contributed by atoms with Crippen LogP contribution in [0.3, 0.4) is 0 Å². The highest BCUT2D eigenvalue weighted by Gasteiger charge is 2.15. The van der Waals surface area contributed by atoms with Gasteiger partial charge in [0.05, 0.1) is 11.0 Å². The molecule has 1 heterocycles. The van der Waals surface area contributed by atoms with Gasteiger partial charge in [0.25, 0.3) is 5.16 Å². The summed E-state index contributed by atoms with van der Waals surface area (Å²) in [5, 5.41) is 0.0232. The number of hydrogen-bond donors (Lipinski definition) is 2. The third-order valence-electron chi connectivity index (χ3n) is 1.98. The number of imidazole rings is 1. The molecule has 0 spiro atoms. The van der Waals surface area contributed by atoms with Gasteiger partial charge in [-0.3, -0.25) is 4.55 Å². The van der Waals surface area contributed by atoms with Gasteiger partial charge < -0.3 is 4.98 Å². The molecule has 5 nitrogen and oxygen atoms in total. The first-order valence-corrected chi connectivity index (χ1v) is 5.83. The second-order valence-corrected chi connectivity index (χ2v) is 4.88. The predicted molar refractivity (Wildman–Crippen MR) is 55.7 cm³/mol. The van der Waals surface area contributed by atoms with E-state index >= 15 is 0 Å². The van der Waals surface area contributed by atoms with E-state index in [0.29, 0.717) is 16.1 Å². The Labute approximate surface area is 90.8 Å². The molecule has 0 aliphatic heterocycles. The summed E-state index contributed by atoms with van der Waals surface area (Å²) in [6.45, 7) is 1.79. The van der Waals surface area contributed by atoms with Crippen molar-refractivity contribution in [3.63, 3.8) is 0 Å². The molecule has 0 saturated carbocycles. The number of fused-ring (bicyclic) bond motifs is 1. The van der Waals surface area contributed by atoms with E-state index in [1.54, 1.807) is 13.0 Å². The van der Waals surface area contributed by atoms with Crippen LogP contribution in [-0.2, 0) is 10.1 Å². The number of aromatic nitrogens is 2. The molecule has 1 aromatic carbocycles. The Morgan fingerprint density at radius 1 is 1.47 bits per heavy atom. The zero-order valence-corrected chi connectivity index (χ0v) is 9.22. The van der Waals surface area contributed by atoms with Gasteiger partial charge in [-0.2, -0.15) is 8.42 Å². The topological polar surface area (TPSA) is 83.0 Å². The molecule has 0 atom stereocenters. The Balaban J connectivity index is 2.77. The van der Waals surface area contributed by atoms with Crippen LogP contribution >= 0.6 is 11.6 Å². The van der Waals surface area contributed by atoms with Crippen molar-refractivity contribution in [2.45, 2.75) is 12.1 Å². The summed E-state index contributed by atoms with van der Waals surface area (Å²) in [4.78, 5) is 6.20. The van der Waals surface area contributed by atoms with Gasteiger partial charge in [0.15, 0.2) is 0 Å². The minimum Gasteiger partial charge on any atom is -0.327 e. The van der Waals surface area contributed by atoms with Crippen molar-refractivity contribution in [2.24, 2.45) is 0 Å². The number of rotatable bonds is 1. The Morgan fingerprint density at radius 2 is 2.13 bits per heavy atom. The Kier molecular flexibility index (Phi) is 2.22. The molecule has 0 fully saturated rings. The molecule has 0 aliphatic rings. The fraction of sp³-hybridized carbons (Fsp3) is 0.125. The molecule has 2 N–H and O–H groups in total. The van der Waals surface area contributed by atoms with E-state index in [4.69, 9.17) is 16.2 Å². The van der Waals surface area contributed by atoms with Gasteiger partial charge in [-0.15, -0.1) is 0 Å². The van der Waals surface area contributed by atoms with Crippen LogP contribution in [0, 0.1) is 6.92 Å². The fourth-order valence-electron chi connectivity index (χ4n) is 1.24. The van der Waals surface area contributed by atoms with E-state index in [9.17, 15) is 8.42 Å². The van der Waals surface area contributed by atoms with Crippen LogP contribution in [-0.4, -0.2) is 22.9 Å². The lowest BCUT2D eigenvalue weighted by Crippen LogP contribution is -1.99. The third-order valence-corrected chi connectivity index (χ3v) is 3.07. The van der Waals surface area contributed by atoms with Gasteiger partial charge in [-0.05, 0) is 24.6 Å². The molecule has 7 heteroatoms. The van der Waals surface area contributed by atoms with Crippen LogP contribution in [0.15, 0.2) is 17.3 Å². The molecule has 0 radical (unpaired) electrons. The number of hydrogen-bond acceptors (Lipinski definition) is 3. The molecule has 1 aromatic heterocycles. The van der Waals surface area contributed by atoms with E-state index < -0.39 is 15.3 Å². The molecule has 2 aromatic rings. The minimum atomic E-state index is -4.30. The van der Waals surface area contributed by atoms with E-state index in [2.05, 4.69) is 9.97 Å². The van der Waals surface area contributed by atoms with Crippen LogP contribution in [0.25, 0.3) is 11.0 Å². The van der Waals surface area contributed by atoms with Gasteiger partial charge in [0.2, 0.25) is 0 Å². The first kappa shape index (κ1) is 10.4. The second-order valence-electron chi connectivity index (χ2n) is 3.14. The molecule has 2 rings (SSSR count). The predicted octanol–water partition coefficient (Wildman–Crippen LogP) is 1.77. The zero-order valence-electron chi connectivity index (χ0n) is 7.65. The number of aromatic amines is 1. The molecule has 80 valence electrons. The Morgan fingerprint density at radius 3 is 2.73 bits per heavy atom. The molecular formula is C8H7ClN2O3S. The first-order chi connectivity index (χ1) is 6.88. The number of halogens is 1. The quantitative estimate of drug-likeness (QED) is 0.752. The van der Waals surface area contributed by atoms with E-state index in [-0.39, 0.29) is 0 Å². The summed E-state index contributed by atoms with van der Waals surface area (Å²) in [5.41, 5.74) is 1.72. The van der Waals surface area contributed by atoms with Crippen LogP contribution in [0.2, 0.25) is 5.02 Å². The van der Waals surface area contributed by atoms with E-state index in [1.807, 2.05) is 0 Å². The average molecular weight is 247 g/mol. The lowest BCUT2D eigenvalue weighted by Gasteiger charge is -1.95. The number of aryl methyl sites for hydroxylation is 1. The lowest BCUT2D eigenvalue weighted by molar-refractivity contribution is 0.476. The molecule has 15 heavy (non-hydrogen) atoms. The Hall–Kier alpha value is -1.11. The minimum absolute atomic E-state index is 0.401. The van der Waals surface area contributed by atoms with E-state index in [1.165, 1.54) is 6.07 Å². The fourth-order valence-corrected chi connectivity index (χ4v) is 1.85. The second kappa shape index (κ2) is 3.19. The zero-order chi connectivity index (χ0) is 11.2. The van der Waals surface area contributed by atoms with Crippen LogP contribution in [0.4, 0.5) is 0 Å². The molecule has 0 aliphatic carbocycles. The van der Waals surface area contributed by atoms with Crippen molar-refractivity contribution in [3.05, 3.63) is 22.7 Å². The maximum atomic E-state index is 10.8. The molecule has 0 bridgehead atoms. The summed E-state index contributed by atoms with van der Waals surface area (Å²) < 4.78 is 30.4. The van der Waals surface area contributed by atoms with Gasteiger partial charge in [0.1, 0.15) is 0 Å². The van der Waals surface area contributed by atoms with Gasteiger partial charge in [0, 0.05) is 5.02 Å². The normalized spacial score (nSPS) is 12.2. The molecular weight excluding hydrogens is 240 g/mol. The summed E-state index contributed by atoms with van der Waals surface area (Å²) in [7, 11) is -4.30. The van der Waals surface area contributed by atoms with Crippen molar-refractivity contribution in [3.8, 4) is 0 Å². The van der Waals surface area contributed by atoms with Crippen molar-refractivity contribution >= 4 is 32.8 Å². The highest BCUT2D eigenvalue weighted by molar-refractivity contribution is 7.85. The van der Waals surface area contributed by atoms with Gasteiger partial charge in [-0.1, -0.05) is 11.6 Å². The number of H-pyrrole nitrogens is 1. The highest BCUT2D eigenvalue weighted by Crippen LogP contribution is 2.22. The van der Waals surface area contributed by atoms with Crippen LogP contribution in [0.5, 0.6) is 0 Å². The third kappa shape index (κ3) is 1.83. The van der Waals surface area contributed by atoms with Gasteiger partial charge in [-0.25, -0.2) is 4.98 Å². The monoisotopic (exact) mass is 246 g/mol. The average Bonchev–Trinajstić information content (AvgIpc) is 2.47. The van der Waals surface area contributed by atoms with Crippen LogP contribution in [0.1, 0.15) is 5.56 Å². The first-order valence-electron chi connectivity index (χ1n) is 4.01. The highest BCUT2D eigenvalue weighted by atomic mass is 35.5. The van der Waals surface area contributed by atoms with Crippen molar-refractivity contribution < 1.29 is 13.0 Å². The summed E-state index contributed by atoms with van der Waals surface area (Å²) in [6.07, 6.45) is 0. The number of benzene rings is 1. The SMILES string of the molecule is Cc1cc2[nH]c(S(=O)(=O)O)nc2cc1Cl. The molecule has 0 saturated heterocycles. The summed E-state index contributed by atoms with van der Waals surface area (Å²) in [5.74, 6) is 0. The summed E-state index contributed by atoms with van der Waals surface area (Å²) >= 11 is 5.85. The Bertz CT molecular complexity index is 594. The number of nitrogens with one attached hydrogen (secondary N) is 1. The maximum absolute atomic E-state index is 10.8. The van der Waals surface area contributed by atoms with Crippen molar-refractivity contribution in [2.75, 3.05) is 0 Å². The molecule has 0 amide bonds.